The smallest absolute Gasteiger partial charge is 0.335 e. The molecule has 0 spiro atoms. The number of H-pyrrole nitrogens is 1. The number of carboxylic acid groups (broad SMARTS) is 1. The number of hydrogen-bond donors (Lipinski definition) is 3. The van der Waals surface area contributed by atoms with Crippen LogP contribution in [-0.2, 0) is 4.79 Å². The number of amides is 1. The second-order valence-corrected chi connectivity index (χ2v) is 7.80. The van der Waals surface area contributed by atoms with Gasteiger partial charge in [0.2, 0.25) is 5.91 Å². The highest BCUT2D eigenvalue weighted by Gasteiger charge is 2.34. The van der Waals surface area contributed by atoms with Gasteiger partial charge < -0.3 is 10.4 Å². The van der Waals surface area contributed by atoms with Gasteiger partial charge in [-0.25, -0.2) is 4.79 Å². The fourth-order valence-electron chi connectivity index (χ4n) is 4.49. The number of carbonyl (C=O) groups is 2. The van der Waals surface area contributed by atoms with Crippen LogP contribution in [0.3, 0.4) is 0 Å². The lowest BCUT2D eigenvalue weighted by atomic mass is 9.86. The predicted octanol–water partition coefficient (Wildman–Crippen LogP) is 3.63. The van der Waals surface area contributed by atoms with E-state index in [2.05, 4.69) is 10.4 Å². The van der Waals surface area contributed by atoms with Gasteiger partial charge in [-0.15, -0.1) is 0 Å². The van der Waals surface area contributed by atoms with E-state index in [1.807, 2.05) is 4.68 Å². The molecule has 0 radical (unpaired) electrons. The molecule has 3 N–H and O–H groups in total. The summed E-state index contributed by atoms with van der Waals surface area (Å²) in [6.07, 6.45) is 8.07. The number of rotatable bonds is 3. The van der Waals surface area contributed by atoms with Crippen LogP contribution in [0.15, 0.2) is 29.1 Å². The summed E-state index contributed by atoms with van der Waals surface area (Å²) in [4.78, 5) is 36.3. The first-order chi connectivity index (χ1) is 13.5. The summed E-state index contributed by atoms with van der Waals surface area (Å²) in [6, 6.07) is 6.62. The Bertz CT molecular complexity index is 934. The molecule has 0 bridgehead atoms. The number of carboxylic acids is 1. The van der Waals surface area contributed by atoms with Crippen molar-refractivity contribution in [3.05, 3.63) is 51.3 Å². The molecule has 148 valence electrons. The van der Waals surface area contributed by atoms with Crippen LogP contribution in [0.1, 0.15) is 84.8 Å². The Hall–Kier alpha value is -2.83. The highest BCUT2D eigenvalue weighted by atomic mass is 16.4. The molecule has 2 heterocycles. The Morgan fingerprint density at radius 2 is 1.64 bits per heavy atom. The van der Waals surface area contributed by atoms with E-state index in [9.17, 15) is 14.4 Å². The molecule has 1 aromatic carbocycles. The zero-order valence-electron chi connectivity index (χ0n) is 15.7. The van der Waals surface area contributed by atoms with E-state index in [0.29, 0.717) is 11.4 Å². The topological polar surface area (TPSA) is 104 Å². The maximum Gasteiger partial charge on any atom is 0.335 e. The first-order valence-electron chi connectivity index (χ1n) is 10.0. The van der Waals surface area contributed by atoms with Gasteiger partial charge in [-0.05, 0) is 30.5 Å². The minimum Gasteiger partial charge on any atom is -0.478 e. The van der Waals surface area contributed by atoms with Crippen LogP contribution < -0.4 is 10.9 Å². The molecule has 1 aliphatic carbocycles. The van der Waals surface area contributed by atoms with E-state index < -0.39 is 5.97 Å². The molecule has 1 aromatic heterocycles. The van der Waals surface area contributed by atoms with Crippen molar-refractivity contribution in [3.63, 3.8) is 0 Å². The summed E-state index contributed by atoms with van der Waals surface area (Å²) in [5.41, 5.74) is 1.36. The molecule has 1 amide bonds. The maximum atomic E-state index is 12.8. The highest BCUT2D eigenvalue weighted by Crippen LogP contribution is 2.38. The maximum absolute atomic E-state index is 12.8. The molecule has 1 fully saturated rings. The Kier molecular flexibility index (Phi) is 5.07. The molecule has 2 aliphatic rings. The standard InChI is InChI=1S/C21H25N3O4/c25-17-12-16(13-8-10-14(11-9-13)21(27)28)18-19(22-17)24(23-20(18)26)15-6-4-2-1-3-5-7-15/h8-11,15-16H,1-7,12H2,(H,22,25)(H,23,26)(H,27,28). The molecule has 7 heteroatoms. The molecule has 7 nitrogen and oxygen atoms in total. The molecule has 4 rings (SSSR count). The van der Waals surface area contributed by atoms with Gasteiger partial charge in [-0.2, -0.15) is 0 Å². The van der Waals surface area contributed by atoms with Crippen LogP contribution in [0.2, 0.25) is 0 Å². The molecule has 1 atom stereocenters. The molecular formula is C21H25N3O4. The van der Waals surface area contributed by atoms with Gasteiger partial charge in [0.25, 0.3) is 5.56 Å². The average molecular weight is 383 g/mol. The molecular weight excluding hydrogens is 358 g/mol. The van der Waals surface area contributed by atoms with E-state index in [-0.39, 0.29) is 35.4 Å². The van der Waals surface area contributed by atoms with Crippen molar-refractivity contribution in [1.82, 2.24) is 9.78 Å². The number of anilines is 1. The van der Waals surface area contributed by atoms with E-state index in [4.69, 9.17) is 5.11 Å². The SMILES string of the molecule is O=C1CC(c2ccc(C(=O)O)cc2)c2c(n(C3CCCCCCC3)[nH]c2=O)N1. The van der Waals surface area contributed by atoms with Crippen LogP contribution in [0.25, 0.3) is 0 Å². The molecule has 28 heavy (non-hydrogen) atoms. The van der Waals surface area contributed by atoms with Crippen molar-refractivity contribution in [2.45, 2.75) is 63.3 Å². The molecule has 2 aromatic rings. The largest absolute Gasteiger partial charge is 0.478 e. The minimum absolute atomic E-state index is 0.126. The van der Waals surface area contributed by atoms with E-state index in [0.717, 1.165) is 31.2 Å². The summed E-state index contributed by atoms with van der Waals surface area (Å²) in [5.74, 6) is -0.912. The number of carbonyl (C=O) groups excluding carboxylic acids is 1. The number of nitrogens with zero attached hydrogens (tertiary/aromatic N) is 1. The van der Waals surface area contributed by atoms with Crippen molar-refractivity contribution >= 4 is 17.7 Å². The van der Waals surface area contributed by atoms with Gasteiger partial charge in [0.15, 0.2) is 0 Å². The van der Waals surface area contributed by atoms with Crippen LogP contribution in [-0.4, -0.2) is 26.8 Å². The van der Waals surface area contributed by atoms with Crippen molar-refractivity contribution < 1.29 is 14.7 Å². The first kappa shape index (κ1) is 18.5. The zero-order chi connectivity index (χ0) is 19.7. The van der Waals surface area contributed by atoms with Crippen molar-refractivity contribution in [1.29, 1.82) is 0 Å². The number of aromatic carboxylic acids is 1. The summed E-state index contributed by atoms with van der Waals surface area (Å²) in [7, 11) is 0. The quantitative estimate of drug-likeness (QED) is 0.753. The number of aromatic nitrogens is 2. The fraction of sp³-hybridized carbons (Fsp3) is 0.476. The molecule has 1 unspecified atom stereocenters. The molecule has 0 saturated heterocycles. The highest BCUT2D eigenvalue weighted by molar-refractivity contribution is 5.94. The summed E-state index contributed by atoms with van der Waals surface area (Å²) in [5, 5.41) is 15.0. The third kappa shape index (κ3) is 3.48. The lowest BCUT2D eigenvalue weighted by Gasteiger charge is -2.27. The molecule has 1 saturated carbocycles. The number of hydrogen-bond acceptors (Lipinski definition) is 3. The van der Waals surface area contributed by atoms with Gasteiger partial charge >= 0.3 is 5.97 Å². The second-order valence-electron chi connectivity index (χ2n) is 7.80. The van der Waals surface area contributed by atoms with Crippen LogP contribution in [0.4, 0.5) is 5.82 Å². The summed E-state index contributed by atoms with van der Waals surface area (Å²) >= 11 is 0. The van der Waals surface area contributed by atoms with Crippen LogP contribution in [0, 0.1) is 0 Å². The zero-order valence-corrected chi connectivity index (χ0v) is 15.7. The third-order valence-corrected chi connectivity index (χ3v) is 5.96. The number of nitrogens with one attached hydrogen (secondary N) is 2. The number of aromatic amines is 1. The predicted molar refractivity (Wildman–Crippen MR) is 105 cm³/mol. The summed E-state index contributed by atoms with van der Waals surface area (Å²) < 4.78 is 1.87. The molecule has 1 aliphatic heterocycles. The second kappa shape index (κ2) is 7.66. The Balaban J connectivity index is 1.72. The van der Waals surface area contributed by atoms with Gasteiger partial charge in [0, 0.05) is 12.3 Å². The van der Waals surface area contributed by atoms with Crippen molar-refractivity contribution in [3.8, 4) is 0 Å². The lowest BCUT2D eigenvalue weighted by molar-refractivity contribution is -0.116. The van der Waals surface area contributed by atoms with Crippen LogP contribution in [0.5, 0.6) is 0 Å². The Labute approximate surface area is 162 Å². The van der Waals surface area contributed by atoms with E-state index in [1.54, 1.807) is 12.1 Å². The normalized spacial score (nSPS) is 20.7. The average Bonchev–Trinajstić information content (AvgIpc) is 2.97. The fourth-order valence-corrected chi connectivity index (χ4v) is 4.49. The number of fused-ring (bicyclic) bond motifs is 1. The van der Waals surface area contributed by atoms with Gasteiger partial charge in [0.05, 0.1) is 17.2 Å². The Morgan fingerprint density at radius 1 is 1.00 bits per heavy atom. The van der Waals surface area contributed by atoms with E-state index >= 15 is 0 Å². The summed E-state index contributed by atoms with van der Waals surface area (Å²) in [6.45, 7) is 0. The van der Waals surface area contributed by atoms with Crippen LogP contribution >= 0.6 is 0 Å². The monoisotopic (exact) mass is 383 g/mol. The first-order valence-corrected chi connectivity index (χ1v) is 10.0. The van der Waals surface area contributed by atoms with Gasteiger partial charge in [-0.3, -0.25) is 19.4 Å². The van der Waals surface area contributed by atoms with Gasteiger partial charge in [0.1, 0.15) is 5.82 Å². The third-order valence-electron chi connectivity index (χ3n) is 5.96. The van der Waals surface area contributed by atoms with Crippen molar-refractivity contribution in [2.75, 3.05) is 5.32 Å². The number of benzene rings is 1. The van der Waals surface area contributed by atoms with Crippen molar-refractivity contribution in [2.24, 2.45) is 0 Å². The lowest BCUT2D eigenvalue weighted by Crippen LogP contribution is -2.27. The van der Waals surface area contributed by atoms with E-state index in [1.165, 1.54) is 31.4 Å². The van der Waals surface area contributed by atoms with Gasteiger partial charge in [-0.1, -0.05) is 44.2 Å². The minimum atomic E-state index is -0.998. The Morgan fingerprint density at radius 3 is 2.29 bits per heavy atom.